The molecule has 0 saturated heterocycles. The number of carbonyl (C=O) groups is 1. The van der Waals surface area contributed by atoms with E-state index >= 15 is 0 Å². The topological polar surface area (TPSA) is 37.6 Å². The molecule has 8 heteroatoms. The fraction of sp³-hybridized carbons (Fsp3) is 0.368. The molecule has 1 amide bonds. The molecule has 4 nitrogen and oxygen atoms in total. The van der Waals surface area contributed by atoms with Crippen molar-refractivity contribution in [3.63, 3.8) is 0 Å². The van der Waals surface area contributed by atoms with E-state index in [9.17, 15) is 22.4 Å². The lowest BCUT2D eigenvalue weighted by molar-refractivity contribution is -0.140. The van der Waals surface area contributed by atoms with Gasteiger partial charge in [0.05, 0.1) is 11.1 Å². The van der Waals surface area contributed by atoms with Crippen molar-refractivity contribution in [1.82, 2.24) is 4.57 Å². The van der Waals surface area contributed by atoms with Crippen molar-refractivity contribution in [1.29, 1.82) is 0 Å². The van der Waals surface area contributed by atoms with E-state index in [0.29, 0.717) is 18.5 Å². The van der Waals surface area contributed by atoms with E-state index in [1.54, 1.807) is 12.1 Å². The summed E-state index contributed by atoms with van der Waals surface area (Å²) in [4.78, 5) is 18.2. The molecule has 27 heavy (non-hydrogen) atoms. The zero-order valence-corrected chi connectivity index (χ0v) is 14.9. The summed E-state index contributed by atoms with van der Waals surface area (Å²) >= 11 is 0. The smallest absolute Gasteiger partial charge is 0.364 e. The number of hydrogen-bond donors (Lipinski definition) is 0. The van der Waals surface area contributed by atoms with Crippen molar-refractivity contribution < 1.29 is 22.4 Å². The number of pyridine rings is 1. The Balaban J connectivity index is 2.07. The zero-order valence-electron chi connectivity index (χ0n) is 14.9. The van der Waals surface area contributed by atoms with E-state index in [-0.39, 0.29) is 5.49 Å². The highest BCUT2D eigenvalue weighted by atomic mass is 19.4. The van der Waals surface area contributed by atoms with Crippen LogP contribution in [0.25, 0.3) is 0 Å². The maximum Gasteiger partial charge on any atom is 0.419 e. The molecule has 1 aliphatic carbocycles. The van der Waals surface area contributed by atoms with Gasteiger partial charge in [-0.3, -0.25) is 4.79 Å². The minimum atomic E-state index is -4.88. The van der Waals surface area contributed by atoms with E-state index in [0.717, 1.165) is 30.8 Å². The largest absolute Gasteiger partial charge is 0.419 e. The molecule has 1 saturated carbocycles. The Kier molecular flexibility index (Phi) is 5.08. The lowest BCUT2D eigenvalue weighted by atomic mass is 10.1. The van der Waals surface area contributed by atoms with Gasteiger partial charge in [0, 0.05) is 20.6 Å². The quantitative estimate of drug-likeness (QED) is 0.755. The standard InChI is InChI=1S/C19H19F4N3O/c1-25(2)16-8-4-7-15(26(16)11-12-9-10-12)24-18(27)13-5-3-6-14(17(13)20)19(21,22)23/h3-8,12H,9-11H2,1-2H3/b24-15+. The van der Waals surface area contributed by atoms with Gasteiger partial charge in [-0.15, -0.1) is 0 Å². The molecule has 144 valence electrons. The molecule has 0 radical (unpaired) electrons. The predicted octanol–water partition coefficient (Wildman–Crippen LogP) is 3.86. The fourth-order valence-electron chi connectivity index (χ4n) is 2.83. The number of amides is 1. The summed E-state index contributed by atoms with van der Waals surface area (Å²) in [6, 6.07) is 7.77. The van der Waals surface area contributed by atoms with Crippen LogP contribution in [0.4, 0.5) is 23.4 Å². The third kappa shape index (κ3) is 4.20. The maximum absolute atomic E-state index is 14.2. The maximum atomic E-state index is 14.2. The van der Waals surface area contributed by atoms with Crippen LogP contribution in [0.5, 0.6) is 0 Å². The van der Waals surface area contributed by atoms with Gasteiger partial charge in [-0.05, 0) is 43.0 Å². The summed E-state index contributed by atoms with van der Waals surface area (Å²) in [6.45, 7) is 0.644. The zero-order chi connectivity index (χ0) is 19.8. The molecule has 0 bridgehead atoms. The minimum absolute atomic E-state index is 0.287. The molecule has 1 heterocycles. The summed E-state index contributed by atoms with van der Waals surface area (Å²) in [5.41, 5.74) is -1.88. The van der Waals surface area contributed by atoms with Gasteiger partial charge in [0.2, 0.25) is 0 Å². The lowest BCUT2D eigenvalue weighted by Crippen LogP contribution is -2.28. The Morgan fingerprint density at radius 2 is 1.85 bits per heavy atom. The molecular formula is C19H19F4N3O. The van der Waals surface area contributed by atoms with E-state index in [2.05, 4.69) is 4.99 Å². The first kappa shape index (κ1) is 19.1. The highest BCUT2D eigenvalue weighted by molar-refractivity contribution is 5.95. The van der Waals surface area contributed by atoms with Gasteiger partial charge >= 0.3 is 6.18 Å². The molecule has 0 spiro atoms. The van der Waals surface area contributed by atoms with Gasteiger partial charge in [-0.1, -0.05) is 12.1 Å². The summed E-state index contributed by atoms with van der Waals surface area (Å²) < 4.78 is 54.7. The van der Waals surface area contributed by atoms with Crippen molar-refractivity contribution in [3.8, 4) is 0 Å². The van der Waals surface area contributed by atoms with Crippen LogP contribution in [-0.2, 0) is 12.7 Å². The number of rotatable bonds is 4. The highest BCUT2D eigenvalue weighted by Gasteiger charge is 2.35. The fourth-order valence-corrected chi connectivity index (χ4v) is 2.83. The Labute approximate surface area is 153 Å². The highest BCUT2D eigenvalue weighted by Crippen LogP contribution is 2.33. The molecular weight excluding hydrogens is 362 g/mol. The Morgan fingerprint density at radius 3 is 2.44 bits per heavy atom. The average molecular weight is 381 g/mol. The number of aromatic nitrogens is 1. The first-order valence-corrected chi connectivity index (χ1v) is 8.50. The second-order valence-electron chi connectivity index (χ2n) is 6.77. The van der Waals surface area contributed by atoms with Crippen LogP contribution in [0, 0.1) is 11.7 Å². The number of benzene rings is 1. The van der Waals surface area contributed by atoms with Crippen LogP contribution < -0.4 is 10.4 Å². The SMILES string of the molecule is CN(C)c1ccc/c(=N\C(=O)c2cccc(C(F)(F)F)c2F)n1CC1CC1. The van der Waals surface area contributed by atoms with Gasteiger partial charge in [-0.25, -0.2) is 4.39 Å². The van der Waals surface area contributed by atoms with Crippen molar-refractivity contribution in [2.45, 2.75) is 25.6 Å². The van der Waals surface area contributed by atoms with Crippen molar-refractivity contribution in [2.24, 2.45) is 10.9 Å². The Morgan fingerprint density at radius 1 is 1.19 bits per heavy atom. The molecule has 0 aliphatic heterocycles. The van der Waals surface area contributed by atoms with Gasteiger partial charge in [0.15, 0.2) is 0 Å². The third-order valence-electron chi connectivity index (χ3n) is 4.39. The molecule has 1 aliphatic rings. The molecule has 3 rings (SSSR count). The molecule has 0 unspecified atom stereocenters. The molecule has 1 aromatic heterocycles. The summed E-state index contributed by atoms with van der Waals surface area (Å²) in [6.07, 6.45) is -2.73. The predicted molar refractivity (Wildman–Crippen MR) is 92.8 cm³/mol. The number of carbonyl (C=O) groups excluding carboxylic acids is 1. The van der Waals surface area contributed by atoms with Crippen LogP contribution in [0.2, 0.25) is 0 Å². The summed E-state index contributed by atoms with van der Waals surface area (Å²) in [5, 5.41) is 0. The summed E-state index contributed by atoms with van der Waals surface area (Å²) in [5.74, 6) is -1.36. The average Bonchev–Trinajstić information content (AvgIpc) is 3.39. The molecule has 0 atom stereocenters. The second-order valence-corrected chi connectivity index (χ2v) is 6.77. The van der Waals surface area contributed by atoms with Gasteiger partial charge in [-0.2, -0.15) is 18.2 Å². The molecule has 1 fully saturated rings. The first-order chi connectivity index (χ1) is 12.7. The van der Waals surface area contributed by atoms with E-state index in [1.165, 1.54) is 0 Å². The van der Waals surface area contributed by atoms with E-state index in [1.807, 2.05) is 29.6 Å². The number of nitrogens with zero attached hydrogens (tertiary/aromatic N) is 3. The molecule has 2 aromatic rings. The second kappa shape index (κ2) is 7.17. The number of hydrogen-bond acceptors (Lipinski definition) is 2. The number of anilines is 1. The monoisotopic (exact) mass is 381 g/mol. The molecule has 0 N–H and O–H groups in total. The Bertz CT molecular complexity index is 927. The van der Waals surface area contributed by atoms with Crippen LogP contribution in [-0.4, -0.2) is 24.6 Å². The van der Waals surface area contributed by atoms with Crippen LogP contribution >= 0.6 is 0 Å². The minimum Gasteiger partial charge on any atom is -0.364 e. The lowest BCUT2D eigenvalue weighted by Gasteiger charge is -2.20. The van der Waals surface area contributed by atoms with Crippen molar-refractivity contribution in [2.75, 3.05) is 19.0 Å². The first-order valence-electron chi connectivity index (χ1n) is 8.50. The third-order valence-corrected chi connectivity index (χ3v) is 4.39. The number of alkyl halides is 3. The van der Waals surface area contributed by atoms with E-state index < -0.39 is 29.0 Å². The Hall–Kier alpha value is -2.64. The van der Waals surface area contributed by atoms with E-state index in [4.69, 9.17) is 0 Å². The molecule has 1 aromatic carbocycles. The van der Waals surface area contributed by atoms with Crippen molar-refractivity contribution >= 4 is 11.7 Å². The van der Waals surface area contributed by atoms with Crippen LogP contribution in [0.15, 0.2) is 41.4 Å². The summed E-state index contributed by atoms with van der Waals surface area (Å²) in [7, 11) is 3.69. The number of halogens is 4. The van der Waals surface area contributed by atoms with Crippen molar-refractivity contribution in [3.05, 3.63) is 58.8 Å². The van der Waals surface area contributed by atoms with Crippen LogP contribution in [0.1, 0.15) is 28.8 Å². The van der Waals surface area contributed by atoms with Gasteiger partial charge in [0.25, 0.3) is 5.91 Å². The normalized spacial score (nSPS) is 15.1. The van der Waals surface area contributed by atoms with Crippen LogP contribution in [0.3, 0.4) is 0 Å². The van der Waals surface area contributed by atoms with Gasteiger partial charge < -0.3 is 9.47 Å². The van der Waals surface area contributed by atoms with Gasteiger partial charge in [0.1, 0.15) is 17.1 Å².